The van der Waals surface area contributed by atoms with Gasteiger partial charge in [0.25, 0.3) is 0 Å². The summed E-state index contributed by atoms with van der Waals surface area (Å²) >= 11 is 6.48. The molecule has 2 nitrogen and oxygen atoms in total. The number of anilines is 1. The van der Waals surface area contributed by atoms with E-state index in [0.717, 1.165) is 18.0 Å². The van der Waals surface area contributed by atoms with Gasteiger partial charge in [-0.15, -0.1) is 0 Å². The van der Waals surface area contributed by atoms with Crippen LogP contribution in [0.5, 0.6) is 0 Å². The Kier molecular flexibility index (Phi) is 5.12. The molecule has 2 N–H and O–H groups in total. The highest BCUT2D eigenvalue weighted by molar-refractivity contribution is 6.33. The summed E-state index contributed by atoms with van der Waals surface area (Å²) in [4.78, 5) is 2.52. The van der Waals surface area contributed by atoms with E-state index < -0.39 is 0 Å². The minimum atomic E-state index is 0.171. The normalized spacial score (nSPS) is 16.4. The zero-order valence-electron chi connectivity index (χ0n) is 12.0. The molecule has 1 aliphatic carbocycles. The van der Waals surface area contributed by atoms with Gasteiger partial charge in [-0.2, -0.15) is 0 Å². The van der Waals surface area contributed by atoms with Gasteiger partial charge in [-0.05, 0) is 44.2 Å². The quantitative estimate of drug-likeness (QED) is 0.818. The maximum absolute atomic E-state index is 6.48. The van der Waals surface area contributed by atoms with E-state index >= 15 is 0 Å². The number of benzene rings is 1. The Morgan fingerprint density at radius 3 is 2.74 bits per heavy atom. The topological polar surface area (TPSA) is 29.3 Å². The van der Waals surface area contributed by atoms with Gasteiger partial charge in [0.1, 0.15) is 0 Å². The van der Waals surface area contributed by atoms with Gasteiger partial charge in [0, 0.05) is 18.6 Å². The Morgan fingerprint density at radius 2 is 2.16 bits per heavy atom. The van der Waals surface area contributed by atoms with Crippen LogP contribution in [0.2, 0.25) is 5.02 Å². The highest BCUT2D eigenvalue weighted by Gasteiger charge is 2.31. The van der Waals surface area contributed by atoms with Crippen molar-refractivity contribution in [2.24, 2.45) is 5.73 Å². The average Bonchev–Trinajstić information content (AvgIpc) is 3.16. The van der Waals surface area contributed by atoms with Gasteiger partial charge in [-0.25, -0.2) is 0 Å². The van der Waals surface area contributed by atoms with Gasteiger partial charge in [-0.1, -0.05) is 37.1 Å². The fourth-order valence-electron chi connectivity index (χ4n) is 2.58. The molecular formula is C16H25ClN2. The third-order valence-corrected chi connectivity index (χ3v) is 3.94. The maximum Gasteiger partial charge on any atom is 0.0642 e. The van der Waals surface area contributed by atoms with Crippen molar-refractivity contribution in [2.75, 3.05) is 11.4 Å². The highest BCUT2D eigenvalue weighted by atomic mass is 35.5. The molecule has 0 saturated heterocycles. The van der Waals surface area contributed by atoms with E-state index in [4.69, 9.17) is 17.3 Å². The van der Waals surface area contributed by atoms with Crippen LogP contribution in [-0.2, 0) is 6.42 Å². The third kappa shape index (κ3) is 3.87. The van der Waals surface area contributed by atoms with Crippen LogP contribution in [0.15, 0.2) is 18.2 Å². The predicted molar refractivity (Wildman–Crippen MR) is 84.1 cm³/mol. The summed E-state index contributed by atoms with van der Waals surface area (Å²) in [6.07, 6.45) is 5.93. The number of hydrogen-bond acceptors (Lipinski definition) is 2. The van der Waals surface area contributed by atoms with Crippen LogP contribution in [0.4, 0.5) is 5.69 Å². The zero-order valence-corrected chi connectivity index (χ0v) is 12.8. The molecule has 1 fully saturated rings. The first-order valence-electron chi connectivity index (χ1n) is 7.43. The maximum atomic E-state index is 6.48. The summed E-state index contributed by atoms with van der Waals surface area (Å²) < 4.78 is 0. The van der Waals surface area contributed by atoms with Crippen LogP contribution in [0.25, 0.3) is 0 Å². The lowest BCUT2D eigenvalue weighted by Crippen LogP contribution is -2.29. The molecule has 1 aromatic rings. The predicted octanol–water partition coefficient (Wildman–Crippen LogP) is 4.00. The van der Waals surface area contributed by atoms with Gasteiger partial charge in [0.2, 0.25) is 0 Å². The third-order valence-electron chi connectivity index (χ3n) is 3.64. The molecule has 1 unspecified atom stereocenters. The van der Waals surface area contributed by atoms with Crippen molar-refractivity contribution in [3.63, 3.8) is 0 Å². The fraction of sp³-hybridized carbons (Fsp3) is 0.625. The largest absolute Gasteiger partial charge is 0.367 e. The number of rotatable bonds is 7. The standard InChI is InChI=1S/C16H25ClN2/c1-3-4-10-19(14-8-9-14)16-13(11-12(2)18)6-5-7-15(16)17/h5-7,12,14H,3-4,8-11,18H2,1-2H3. The number of nitrogens with two attached hydrogens (primary N) is 1. The molecule has 3 heteroatoms. The molecule has 1 aliphatic rings. The first kappa shape index (κ1) is 14.7. The van der Waals surface area contributed by atoms with E-state index in [1.54, 1.807) is 0 Å². The Morgan fingerprint density at radius 1 is 1.42 bits per heavy atom. The number of nitrogens with zero attached hydrogens (tertiary/aromatic N) is 1. The van der Waals surface area contributed by atoms with Crippen LogP contribution in [0.1, 0.15) is 45.1 Å². The number of unbranched alkanes of at least 4 members (excludes halogenated alkanes) is 1. The first-order valence-corrected chi connectivity index (χ1v) is 7.81. The second-order valence-electron chi connectivity index (χ2n) is 5.71. The van der Waals surface area contributed by atoms with Gasteiger partial charge >= 0.3 is 0 Å². The summed E-state index contributed by atoms with van der Waals surface area (Å²) in [7, 11) is 0. The van der Waals surface area contributed by atoms with Crippen LogP contribution >= 0.6 is 11.6 Å². The Labute approximate surface area is 121 Å². The van der Waals surface area contributed by atoms with Crippen LogP contribution in [0.3, 0.4) is 0 Å². The number of hydrogen-bond donors (Lipinski definition) is 1. The van der Waals surface area contributed by atoms with Crippen LogP contribution < -0.4 is 10.6 Å². The fourth-order valence-corrected chi connectivity index (χ4v) is 2.89. The van der Waals surface area contributed by atoms with Gasteiger partial charge in [-0.3, -0.25) is 0 Å². The van der Waals surface area contributed by atoms with Crippen molar-refractivity contribution in [3.05, 3.63) is 28.8 Å². The van der Waals surface area contributed by atoms with E-state index in [2.05, 4.69) is 24.8 Å². The smallest absolute Gasteiger partial charge is 0.0642 e. The molecule has 1 atom stereocenters. The van der Waals surface area contributed by atoms with Gasteiger partial charge < -0.3 is 10.6 Å². The van der Waals surface area contributed by atoms with Crippen molar-refractivity contribution in [3.8, 4) is 0 Å². The van der Waals surface area contributed by atoms with Crippen molar-refractivity contribution in [1.82, 2.24) is 0 Å². The second-order valence-corrected chi connectivity index (χ2v) is 6.11. The van der Waals surface area contributed by atoms with Crippen LogP contribution in [-0.4, -0.2) is 18.6 Å². The molecule has 0 bridgehead atoms. The summed E-state index contributed by atoms with van der Waals surface area (Å²) in [5.41, 5.74) is 8.50. The highest BCUT2D eigenvalue weighted by Crippen LogP contribution is 2.38. The van der Waals surface area contributed by atoms with Crippen molar-refractivity contribution in [1.29, 1.82) is 0 Å². The Bertz CT molecular complexity index is 413. The minimum absolute atomic E-state index is 0.171. The van der Waals surface area contributed by atoms with E-state index in [0.29, 0.717) is 6.04 Å². The van der Waals surface area contributed by atoms with Crippen molar-refractivity contribution >= 4 is 17.3 Å². The molecule has 0 amide bonds. The molecule has 2 rings (SSSR count). The molecule has 1 saturated carbocycles. The van der Waals surface area contributed by atoms with Gasteiger partial charge in [0.05, 0.1) is 10.7 Å². The lowest BCUT2D eigenvalue weighted by Gasteiger charge is -2.28. The van der Waals surface area contributed by atoms with Gasteiger partial charge in [0.15, 0.2) is 0 Å². The molecule has 106 valence electrons. The van der Waals surface area contributed by atoms with Crippen molar-refractivity contribution in [2.45, 2.75) is 58.0 Å². The molecule has 0 aromatic heterocycles. The molecule has 0 aliphatic heterocycles. The minimum Gasteiger partial charge on any atom is -0.367 e. The number of halogens is 1. The average molecular weight is 281 g/mol. The SMILES string of the molecule is CCCCN(c1c(Cl)cccc1CC(C)N)C1CC1. The molecular weight excluding hydrogens is 256 g/mol. The Hall–Kier alpha value is -0.730. The summed E-state index contributed by atoms with van der Waals surface area (Å²) in [6.45, 7) is 5.40. The summed E-state index contributed by atoms with van der Waals surface area (Å²) in [5.74, 6) is 0. The zero-order chi connectivity index (χ0) is 13.8. The number of para-hydroxylation sites is 1. The molecule has 0 spiro atoms. The van der Waals surface area contributed by atoms with E-state index in [-0.39, 0.29) is 6.04 Å². The molecule has 19 heavy (non-hydrogen) atoms. The summed E-state index contributed by atoms with van der Waals surface area (Å²) in [6, 6.07) is 7.08. The first-order chi connectivity index (χ1) is 9.13. The second kappa shape index (κ2) is 6.62. The van der Waals surface area contributed by atoms with E-state index in [9.17, 15) is 0 Å². The molecule has 1 aromatic carbocycles. The monoisotopic (exact) mass is 280 g/mol. The summed E-state index contributed by atoms with van der Waals surface area (Å²) in [5, 5.41) is 0.876. The van der Waals surface area contributed by atoms with E-state index in [1.807, 2.05) is 12.1 Å². The lowest BCUT2D eigenvalue weighted by atomic mass is 10.0. The molecule has 0 radical (unpaired) electrons. The Balaban J connectivity index is 2.28. The molecule has 0 heterocycles. The lowest BCUT2D eigenvalue weighted by molar-refractivity contribution is 0.697. The van der Waals surface area contributed by atoms with Crippen molar-refractivity contribution < 1.29 is 0 Å². The van der Waals surface area contributed by atoms with E-state index in [1.165, 1.54) is 36.9 Å². The van der Waals surface area contributed by atoms with Crippen LogP contribution in [0, 0.1) is 0 Å².